The number of methoxy groups -OCH3 is 1. The van der Waals surface area contributed by atoms with Crippen LogP contribution in [0.1, 0.15) is 40.9 Å². The maximum atomic E-state index is 13.1. The number of hydrazine groups is 1. The summed E-state index contributed by atoms with van der Waals surface area (Å²) in [5.74, 6) is -1.99. The molecule has 0 spiro atoms. The molecule has 1 aliphatic rings. The van der Waals surface area contributed by atoms with Crippen molar-refractivity contribution in [3.05, 3.63) is 58.6 Å². The largest absolute Gasteiger partial charge is 0.467 e. The molecule has 1 aromatic carbocycles. The van der Waals surface area contributed by atoms with E-state index in [2.05, 4.69) is 25.9 Å². The second-order valence-corrected chi connectivity index (χ2v) is 9.13. The quantitative estimate of drug-likeness (QED) is 0.200. The Kier molecular flexibility index (Phi) is 7.46. The number of epoxide rings is 1. The zero-order valence-corrected chi connectivity index (χ0v) is 20.4. The molecule has 36 heavy (non-hydrogen) atoms. The van der Waals surface area contributed by atoms with Crippen molar-refractivity contribution in [3.8, 4) is 0 Å². The number of fused-ring (bicyclic) bond motifs is 1. The second kappa shape index (κ2) is 10.7. The van der Waals surface area contributed by atoms with E-state index in [0.29, 0.717) is 11.1 Å². The summed E-state index contributed by atoms with van der Waals surface area (Å²) in [6.45, 7) is 1.90. The van der Waals surface area contributed by atoms with Crippen LogP contribution < -0.4 is 21.9 Å². The molecule has 188 valence electrons. The molecule has 3 atom stereocenters. The minimum atomic E-state index is -1.00. The Morgan fingerprint density at radius 1 is 1.19 bits per heavy atom. The minimum absolute atomic E-state index is 0.0398. The first-order valence-electron chi connectivity index (χ1n) is 11.1. The van der Waals surface area contributed by atoms with Gasteiger partial charge >= 0.3 is 5.97 Å². The van der Waals surface area contributed by atoms with Gasteiger partial charge in [0.1, 0.15) is 5.82 Å². The third-order valence-corrected chi connectivity index (χ3v) is 6.61. The van der Waals surface area contributed by atoms with E-state index in [-0.39, 0.29) is 30.6 Å². The molecule has 3 aromatic rings. The number of hydrogen-bond donors (Lipinski definition) is 4. The molecular formula is C24H25N5O6S. The predicted octanol–water partition coefficient (Wildman–Crippen LogP) is 1.39. The fourth-order valence-corrected chi connectivity index (χ4v) is 4.60. The highest BCUT2D eigenvalue weighted by Gasteiger charge is 2.51. The number of carbonyl (C=O) groups is 4. The van der Waals surface area contributed by atoms with Crippen LogP contribution in [0.25, 0.3) is 10.1 Å². The third kappa shape index (κ3) is 5.61. The Balaban J connectivity index is 1.34. The topological polar surface area (TPSA) is 165 Å². The van der Waals surface area contributed by atoms with Gasteiger partial charge in [0, 0.05) is 22.9 Å². The molecule has 0 bridgehead atoms. The van der Waals surface area contributed by atoms with Crippen LogP contribution in [-0.4, -0.2) is 48.0 Å². The Hall–Kier alpha value is -4.03. The molecule has 4 rings (SSSR count). The van der Waals surface area contributed by atoms with E-state index in [9.17, 15) is 19.2 Å². The molecule has 0 radical (unpaired) electrons. The fourth-order valence-electron chi connectivity index (χ4n) is 3.78. The summed E-state index contributed by atoms with van der Waals surface area (Å²) in [4.78, 5) is 52.7. The van der Waals surface area contributed by atoms with Gasteiger partial charge in [0.2, 0.25) is 5.91 Å². The Morgan fingerprint density at radius 3 is 2.78 bits per heavy atom. The van der Waals surface area contributed by atoms with Crippen molar-refractivity contribution in [2.24, 2.45) is 0 Å². The summed E-state index contributed by atoms with van der Waals surface area (Å²) in [6, 6.07) is 9.18. The van der Waals surface area contributed by atoms with Crippen LogP contribution >= 0.6 is 11.3 Å². The lowest BCUT2D eigenvalue weighted by atomic mass is 10.0. The molecule has 0 saturated carbocycles. The Labute approximate surface area is 210 Å². The molecule has 1 aliphatic heterocycles. The van der Waals surface area contributed by atoms with Crippen LogP contribution in [0.3, 0.4) is 0 Å². The number of aryl methyl sites for hydroxylation is 1. The number of aromatic nitrogens is 1. The number of nitrogens with two attached hydrogens (primary N) is 1. The van der Waals surface area contributed by atoms with Crippen LogP contribution in [0, 0.1) is 0 Å². The van der Waals surface area contributed by atoms with Gasteiger partial charge in [0.05, 0.1) is 13.2 Å². The number of pyridine rings is 1. The van der Waals surface area contributed by atoms with Gasteiger partial charge in [-0.1, -0.05) is 12.1 Å². The van der Waals surface area contributed by atoms with Gasteiger partial charge in [-0.05, 0) is 53.4 Å². The smallest absolute Gasteiger partial charge is 0.338 e. The van der Waals surface area contributed by atoms with E-state index in [1.54, 1.807) is 11.3 Å². The number of nitrogens with one attached hydrogen (secondary N) is 3. The number of thiophene rings is 1. The van der Waals surface area contributed by atoms with Crippen LogP contribution in [0.15, 0.2) is 41.9 Å². The number of amides is 3. The van der Waals surface area contributed by atoms with E-state index >= 15 is 0 Å². The predicted molar refractivity (Wildman–Crippen MR) is 132 cm³/mol. The highest BCUT2D eigenvalue weighted by Crippen LogP contribution is 2.28. The molecule has 2 aromatic heterocycles. The summed E-state index contributed by atoms with van der Waals surface area (Å²) in [6.07, 6.45) is -0.378. The summed E-state index contributed by atoms with van der Waals surface area (Å²) in [5.41, 5.74) is 12.1. The van der Waals surface area contributed by atoms with Crippen LogP contribution in [0.4, 0.5) is 5.82 Å². The van der Waals surface area contributed by atoms with E-state index in [4.69, 9.17) is 10.5 Å². The first kappa shape index (κ1) is 25.1. The number of benzene rings is 1. The molecule has 3 unspecified atom stereocenters. The SMILES string of the molecule is COC(=O)C1OC1C(=O)NNC(=O)CCc1cnc(N)cc1C(=O)NC(C)c1cccc2sccc12. The number of esters is 1. The molecule has 12 heteroatoms. The summed E-state index contributed by atoms with van der Waals surface area (Å²) < 4.78 is 10.6. The molecule has 3 heterocycles. The van der Waals surface area contributed by atoms with Gasteiger partial charge in [-0.2, -0.15) is 0 Å². The number of hydrogen-bond acceptors (Lipinski definition) is 9. The summed E-state index contributed by atoms with van der Waals surface area (Å²) in [5, 5.41) is 6.09. The second-order valence-electron chi connectivity index (χ2n) is 8.18. The number of anilines is 1. The number of ether oxygens (including phenoxy) is 2. The lowest BCUT2D eigenvalue weighted by Crippen LogP contribution is -2.44. The van der Waals surface area contributed by atoms with E-state index in [1.807, 2.05) is 36.6 Å². The van der Waals surface area contributed by atoms with E-state index < -0.39 is 30.0 Å². The first-order chi connectivity index (χ1) is 17.3. The Morgan fingerprint density at radius 2 is 2.00 bits per heavy atom. The van der Waals surface area contributed by atoms with Crippen LogP contribution in [0.2, 0.25) is 0 Å². The molecule has 5 N–H and O–H groups in total. The number of carbonyl (C=O) groups excluding carboxylic acids is 4. The fraction of sp³-hybridized carbons (Fsp3) is 0.292. The van der Waals surface area contributed by atoms with Gasteiger partial charge < -0.3 is 20.5 Å². The van der Waals surface area contributed by atoms with Crippen LogP contribution in [0.5, 0.6) is 0 Å². The van der Waals surface area contributed by atoms with Gasteiger partial charge in [-0.15, -0.1) is 11.3 Å². The standard InChI is InChI=1S/C24H25N5O6S/c1-12(14-4-3-5-17-15(14)8-9-36-17)27-22(31)16-10-18(25)26-11-13(16)6-7-19(30)28-29-23(32)20-21(35-20)24(33)34-2/h3-5,8-12,20-21H,6-7H2,1-2H3,(H2,25,26)(H,27,31)(H,28,30)(H,29,32). The Bertz CT molecular complexity index is 1330. The van der Waals surface area contributed by atoms with Gasteiger partial charge in [0.25, 0.3) is 11.8 Å². The molecule has 1 fully saturated rings. The monoisotopic (exact) mass is 511 g/mol. The lowest BCUT2D eigenvalue weighted by Gasteiger charge is -2.17. The maximum absolute atomic E-state index is 13.1. The zero-order chi connectivity index (χ0) is 25.8. The zero-order valence-electron chi connectivity index (χ0n) is 19.6. The normalized spacial score (nSPS) is 17.2. The van der Waals surface area contributed by atoms with Gasteiger partial charge in [0.15, 0.2) is 12.2 Å². The van der Waals surface area contributed by atoms with Gasteiger partial charge in [-0.25, -0.2) is 9.78 Å². The third-order valence-electron chi connectivity index (χ3n) is 5.73. The van der Waals surface area contributed by atoms with Crippen molar-refractivity contribution in [2.75, 3.05) is 12.8 Å². The molecule has 0 aliphatic carbocycles. The van der Waals surface area contributed by atoms with Crippen molar-refractivity contribution in [1.29, 1.82) is 0 Å². The minimum Gasteiger partial charge on any atom is -0.467 e. The summed E-state index contributed by atoms with van der Waals surface area (Å²) in [7, 11) is 1.19. The maximum Gasteiger partial charge on any atom is 0.338 e. The highest BCUT2D eigenvalue weighted by atomic mass is 32.1. The average Bonchev–Trinajstić information content (AvgIpc) is 3.53. The molecule has 3 amide bonds. The van der Waals surface area contributed by atoms with E-state index in [0.717, 1.165) is 15.6 Å². The van der Waals surface area contributed by atoms with Crippen molar-refractivity contribution < 1.29 is 28.7 Å². The van der Waals surface area contributed by atoms with Crippen molar-refractivity contribution in [3.63, 3.8) is 0 Å². The van der Waals surface area contributed by atoms with Crippen molar-refractivity contribution in [2.45, 2.75) is 38.0 Å². The number of nitrogens with zero attached hydrogens (tertiary/aromatic N) is 1. The lowest BCUT2D eigenvalue weighted by molar-refractivity contribution is -0.142. The number of rotatable bonds is 8. The summed E-state index contributed by atoms with van der Waals surface area (Å²) >= 11 is 1.63. The average molecular weight is 512 g/mol. The first-order valence-corrected chi connectivity index (χ1v) is 12.0. The van der Waals surface area contributed by atoms with E-state index in [1.165, 1.54) is 19.4 Å². The molecular weight excluding hydrogens is 486 g/mol. The van der Waals surface area contributed by atoms with Crippen molar-refractivity contribution >= 4 is 50.9 Å². The molecule has 11 nitrogen and oxygen atoms in total. The highest BCUT2D eigenvalue weighted by molar-refractivity contribution is 7.17. The van der Waals surface area contributed by atoms with Crippen LogP contribution in [-0.2, 0) is 30.3 Å². The molecule has 1 saturated heterocycles. The van der Waals surface area contributed by atoms with Gasteiger partial charge in [-0.3, -0.25) is 25.2 Å². The number of nitrogen functional groups attached to an aromatic ring is 1. The van der Waals surface area contributed by atoms with Crippen molar-refractivity contribution in [1.82, 2.24) is 21.2 Å².